The number of anilines is 2. The fraction of sp³-hybridized carbons (Fsp3) is 0.467. The third-order valence-corrected chi connectivity index (χ3v) is 8.44. The third-order valence-electron chi connectivity index (χ3n) is 8.44. The number of hydrogen-bond acceptors (Lipinski definition) is 9. The molecule has 0 bridgehead atoms. The highest BCUT2D eigenvalue weighted by atomic mass is 19.4. The van der Waals surface area contributed by atoms with Gasteiger partial charge in [-0.1, -0.05) is 18.7 Å². The molecular formula is C30H34F3N9O2. The quantitative estimate of drug-likeness (QED) is 0.373. The summed E-state index contributed by atoms with van der Waals surface area (Å²) in [4.78, 5) is 43.4. The summed E-state index contributed by atoms with van der Waals surface area (Å²) >= 11 is 0. The first-order valence-electron chi connectivity index (χ1n) is 14.4. The number of nitriles is 1. The van der Waals surface area contributed by atoms with Crippen molar-refractivity contribution in [2.45, 2.75) is 44.4 Å². The molecule has 11 nitrogen and oxygen atoms in total. The monoisotopic (exact) mass is 609 g/mol. The third kappa shape index (κ3) is 5.84. The molecule has 2 aliphatic heterocycles. The Kier molecular flexibility index (Phi) is 8.60. The van der Waals surface area contributed by atoms with Crippen LogP contribution in [0, 0.1) is 18.3 Å². The first-order chi connectivity index (χ1) is 20.9. The number of aromatic nitrogens is 4. The largest absolute Gasteiger partial charge is 0.418 e. The van der Waals surface area contributed by atoms with Gasteiger partial charge >= 0.3 is 6.18 Å². The van der Waals surface area contributed by atoms with Gasteiger partial charge in [0.1, 0.15) is 11.3 Å². The van der Waals surface area contributed by atoms with Gasteiger partial charge in [-0.15, -0.1) is 0 Å². The number of likely N-dealkylation sites (N-methyl/N-ethyl adjacent to an activating group) is 2. The van der Waals surface area contributed by atoms with E-state index in [4.69, 9.17) is 4.98 Å². The number of piperazine rings is 1. The fourth-order valence-electron chi connectivity index (χ4n) is 6.12. The van der Waals surface area contributed by atoms with Crippen molar-refractivity contribution in [3.8, 4) is 11.8 Å². The zero-order chi connectivity index (χ0) is 31.8. The van der Waals surface area contributed by atoms with E-state index in [1.54, 1.807) is 4.90 Å². The van der Waals surface area contributed by atoms with Gasteiger partial charge < -0.3 is 19.6 Å². The minimum atomic E-state index is -4.72. The number of halogens is 3. The molecule has 0 saturated carbocycles. The molecule has 0 aliphatic carbocycles. The molecule has 2 atom stereocenters. The van der Waals surface area contributed by atoms with Gasteiger partial charge in [-0.25, -0.2) is 4.98 Å². The lowest BCUT2D eigenvalue weighted by molar-refractivity contribution is -0.138. The van der Waals surface area contributed by atoms with E-state index in [0.717, 1.165) is 24.1 Å². The number of benzene rings is 1. The van der Waals surface area contributed by atoms with Crippen LogP contribution in [0.4, 0.5) is 24.9 Å². The Balaban J connectivity index is 1.66. The zero-order valence-electron chi connectivity index (χ0n) is 24.9. The van der Waals surface area contributed by atoms with E-state index in [9.17, 15) is 28.0 Å². The Morgan fingerprint density at radius 2 is 2.00 bits per heavy atom. The number of aryl methyl sites for hydroxylation is 1. The van der Waals surface area contributed by atoms with Crippen LogP contribution in [0.5, 0.6) is 0 Å². The van der Waals surface area contributed by atoms with Crippen LogP contribution in [0.25, 0.3) is 16.6 Å². The van der Waals surface area contributed by atoms with E-state index in [2.05, 4.69) is 27.6 Å². The standard InChI is InChI=1S/C30H34F3N9O2/c1-5-24(43)41-15-14-40(18-21(41)11-12-34)27-22-16-35-42(23-10-6-8-19(2)25(23)30(31,32)33)28(44)26(22)36-29(37-27)39(4)17-20-9-7-13-38(20)3/h5-6,8,10,16,20-21H,1,7,9,11,13-15,17-18H2,2-4H3/t20-,21?/m0/s1. The average molecular weight is 610 g/mol. The summed E-state index contributed by atoms with van der Waals surface area (Å²) in [6.45, 7) is 7.30. The maximum absolute atomic E-state index is 14.1. The van der Waals surface area contributed by atoms with E-state index in [-0.39, 0.29) is 53.9 Å². The topological polar surface area (TPSA) is 114 Å². The Morgan fingerprint density at radius 3 is 2.66 bits per heavy atom. The summed E-state index contributed by atoms with van der Waals surface area (Å²) < 4.78 is 43.1. The summed E-state index contributed by atoms with van der Waals surface area (Å²) in [7, 11) is 3.86. The lowest BCUT2D eigenvalue weighted by Crippen LogP contribution is -2.55. The van der Waals surface area contributed by atoms with Crippen LogP contribution in [-0.4, -0.2) is 94.4 Å². The first kappa shape index (κ1) is 30.9. The van der Waals surface area contributed by atoms with E-state index < -0.39 is 29.0 Å². The van der Waals surface area contributed by atoms with E-state index >= 15 is 0 Å². The molecule has 2 saturated heterocycles. The number of fused-ring (bicyclic) bond motifs is 1. The molecule has 3 aromatic rings. The highest BCUT2D eigenvalue weighted by Crippen LogP contribution is 2.36. The predicted molar refractivity (Wildman–Crippen MR) is 160 cm³/mol. The SMILES string of the molecule is C=CC(=O)N1CCN(c2nc(N(C)C[C@@H]3CCCN3C)nc3c(=O)n(-c4cccc(C)c4C(F)(F)F)ncc23)CC1CC#N. The second-order valence-corrected chi connectivity index (χ2v) is 11.3. The molecule has 2 aromatic heterocycles. The average Bonchev–Trinajstić information content (AvgIpc) is 3.39. The lowest BCUT2D eigenvalue weighted by Gasteiger charge is -2.41. The second kappa shape index (κ2) is 12.2. The van der Waals surface area contributed by atoms with Gasteiger partial charge in [0.05, 0.1) is 41.4 Å². The van der Waals surface area contributed by atoms with Gasteiger partial charge in [-0.2, -0.15) is 33.2 Å². The van der Waals surface area contributed by atoms with Gasteiger partial charge in [0.25, 0.3) is 5.56 Å². The molecule has 4 heterocycles. The van der Waals surface area contributed by atoms with Crippen molar-refractivity contribution >= 4 is 28.6 Å². The molecule has 44 heavy (non-hydrogen) atoms. The smallest absolute Gasteiger partial charge is 0.352 e. The molecule has 1 amide bonds. The van der Waals surface area contributed by atoms with Crippen molar-refractivity contribution in [1.82, 2.24) is 29.5 Å². The summed E-state index contributed by atoms with van der Waals surface area (Å²) in [6, 6.07) is 5.90. The number of carbonyl (C=O) groups is 1. The van der Waals surface area contributed by atoms with Gasteiger partial charge in [0.2, 0.25) is 11.9 Å². The summed E-state index contributed by atoms with van der Waals surface area (Å²) in [5, 5.41) is 13.9. The summed E-state index contributed by atoms with van der Waals surface area (Å²) in [5.74, 6) is 0.313. The van der Waals surface area contributed by atoms with Gasteiger partial charge in [0, 0.05) is 39.3 Å². The molecule has 0 radical (unpaired) electrons. The van der Waals surface area contributed by atoms with Crippen LogP contribution in [0.15, 0.2) is 41.8 Å². The Bertz CT molecular complexity index is 1680. The second-order valence-electron chi connectivity index (χ2n) is 11.3. The Labute approximate surface area is 252 Å². The number of carbonyl (C=O) groups excluding carboxylic acids is 1. The van der Waals surface area contributed by atoms with Crippen molar-refractivity contribution in [2.75, 3.05) is 56.6 Å². The molecule has 5 rings (SSSR count). The van der Waals surface area contributed by atoms with Gasteiger partial charge in [-0.3, -0.25) is 9.59 Å². The van der Waals surface area contributed by atoms with Crippen LogP contribution in [-0.2, 0) is 11.0 Å². The van der Waals surface area contributed by atoms with Crippen LogP contribution in [0.1, 0.15) is 30.4 Å². The fourth-order valence-corrected chi connectivity index (χ4v) is 6.12. The Hall–Kier alpha value is -4.51. The van der Waals surface area contributed by atoms with E-state index in [0.29, 0.717) is 18.9 Å². The minimum absolute atomic E-state index is 0.0382. The number of amides is 1. The molecule has 2 aliphatic rings. The Morgan fingerprint density at radius 1 is 1.23 bits per heavy atom. The van der Waals surface area contributed by atoms with E-state index in [1.807, 2.05) is 23.9 Å². The van der Waals surface area contributed by atoms with Crippen molar-refractivity contribution in [3.05, 3.63) is 58.5 Å². The molecular weight excluding hydrogens is 575 g/mol. The van der Waals surface area contributed by atoms with Crippen LogP contribution < -0.4 is 15.4 Å². The molecule has 14 heteroatoms. The van der Waals surface area contributed by atoms with Crippen LogP contribution >= 0.6 is 0 Å². The van der Waals surface area contributed by atoms with Crippen molar-refractivity contribution in [1.29, 1.82) is 5.26 Å². The number of rotatable bonds is 7. The van der Waals surface area contributed by atoms with Crippen LogP contribution in [0.3, 0.4) is 0 Å². The molecule has 232 valence electrons. The van der Waals surface area contributed by atoms with Gasteiger partial charge in [-0.05, 0) is 51.1 Å². The molecule has 0 N–H and O–H groups in total. The number of nitrogens with zero attached hydrogens (tertiary/aromatic N) is 9. The van der Waals surface area contributed by atoms with Gasteiger partial charge in [0.15, 0.2) is 0 Å². The van der Waals surface area contributed by atoms with E-state index in [1.165, 1.54) is 37.4 Å². The normalized spacial score (nSPS) is 19.3. The first-order valence-corrected chi connectivity index (χ1v) is 14.4. The van der Waals surface area contributed by atoms with Crippen molar-refractivity contribution in [2.24, 2.45) is 0 Å². The number of likely N-dealkylation sites (tertiary alicyclic amines) is 1. The highest BCUT2D eigenvalue weighted by Gasteiger charge is 2.37. The number of alkyl halides is 3. The summed E-state index contributed by atoms with van der Waals surface area (Å²) in [5.41, 5.74) is -2.28. The lowest BCUT2D eigenvalue weighted by atomic mass is 10.1. The molecule has 1 aromatic carbocycles. The maximum Gasteiger partial charge on any atom is 0.418 e. The summed E-state index contributed by atoms with van der Waals surface area (Å²) in [6.07, 6.45) is -0.0885. The molecule has 2 fully saturated rings. The molecule has 0 spiro atoms. The minimum Gasteiger partial charge on any atom is -0.352 e. The number of hydrogen-bond donors (Lipinski definition) is 0. The zero-order valence-corrected chi connectivity index (χ0v) is 24.9. The predicted octanol–water partition coefficient (Wildman–Crippen LogP) is 3.15. The highest BCUT2D eigenvalue weighted by molar-refractivity contribution is 5.90. The van der Waals surface area contributed by atoms with Crippen LogP contribution in [0.2, 0.25) is 0 Å². The van der Waals surface area contributed by atoms with Crippen molar-refractivity contribution < 1.29 is 18.0 Å². The maximum atomic E-state index is 14.1. The van der Waals surface area contributed by atoms with Crippen molar-refractivity contribution in [3.63, 3.8) is 0 Å². The molecule has 1 unspecified atom stereocenters.